The molecule has 2 aromatic rings. The van der Waals surface area contributed by atoms with Crippen molar-refractivity contribution >= 4 is 29.1 Å². The smallest absolute Gasteiger partial charge is 0.254 e. The van der Waals surface area contributed by atoms with Crippen LogP contribution in [-0.2, 0) is 4.79 Å². The third-order valence-corrected chi connectivity index (χ3v) is 7.31. The summed E-state index contributed by atoms with van der Waals surface area (Å²) in [5, 5.41) is 6.35. The van der Waals surface area contributed by atoms with Gasteiger partial charge in [0, 0.05) is 68.9 Å². The maximum absolute atomic E-state index is 13.7. The molecule has 2 aromatic carbocycles. The number of rotatable bonds is 5. The van der Waals surface area contributed by atoms with Crippen LogP contribution in [0.4, 0.5) is 20.2 Å². The minimum absolute atomic E-state index is 0.00259. The number of anilines is 2. The number of nitrogens with one attached hydrogen (secondary N) is 2. The molecule has 2 heterocycles. The first kappa shape index (κ1) is 26.1. The Kier molecular flexibility index (Phi) is 7.87. The standard InChI is InChI=1S/C28H33F2N5O3/c29-22-15-21(16-23(30)18-22)28(38)35-11-2-10-33(13-14-35)25-6-5-20(17-24(25)32-26(36)19-3-4-19)27(37)34-9-1-7-31-8-12-34/h5-6,15-19,31H,1-4,7-14H2,(H,32,36). The van der Waals surface area contributed by atoms with Crippen LogP contribution < -0.4 is 15.5 Å². The van der Waals surface area contributed by atoms with Crippen molar-refractivity contribution in [2.24, 2.45) is 5.92 Å². The number of hydrogen-bond acceptors (Lipinski definition) is 5. The molecule has 2 N–H and O–H groups in total. The fourth-order valence-corrected chi connectivity index (χ4v) is 5.08. The quantitative estimate of drug-likeness (QED) is 0.627. The summed E-state index contributed by atoms with van der Waals surface area (Å²) < 4.78 is 27.3. The molecule has 0 aromatic heterocycles. The molecular weight excluding hydrogens is 492 g/mol. The van der Waals surface area contributed by atoms with Gasteiger partial charge >= 0.3 is 0 Å². The zero-order chi connectivity index (χ0) is 26.6. The first-order chi connectivity index (χ1) is 18.4. The van der Waals surface area contributed by atoms with Crippen molar-refractivity contribution in [3.63, 3.8) is 0 Å². The van der Waals surface area contributed by atoms with Gasteiger partial charge in [0.2, 0.25) is 5.91 Å². The number of benzene rings is 2. The largest absolute Gasteiger partial charge is 0.368 e. The second-order valence-electron chi connectivity index (χ2n) is 10.2. The average Bonchev–Trinajstić information content (AvgIpc) is 3.76. The number of amides is 3. The Morgan fingerprint density at radius 1 is 0.763 bits per heavy atom. The average molecular weight is 526 g/mol. The number of carbonyl (C=O) groups is 3. The number of hydrogen-bond donors (Lipinski definition) is 2. The van der Waals surface area contributed by atoms with Crippen LogP contribution in [0.2, 0.25) is 0 Å². The third kappa shape index (κ3) is 6.12. The maximum atomic E-state index is 13.7. The molecule has 0 atom stereocenters. The van der Waals surface area contributed by atoms with E-state index in [1.54, 1.807) is 17.0 Å². The van der Waals surface area contributed by atoms with E-state index in [2.05, 4.69) is 15.5 Å². The fourth-order valence-electron chi connectivity index (χ4n) is 5.08. The van der Waals surface area contributed by atoms with Gasteiger partial charge in [-0.25, -0.2) is 8.78 Å². The summed E-state index contributed by atoms with van der Waals surface area (Å²) in [5.74, 6) is -2.09. The predicted octanol–water partition coefficient (Wildman–Crippen LogP) is 3.10. The molecule has 2 saturated heterocycles. The lowest BCUT2D eigenvalue weighted by Crippen LogP contribution is -2.36. The number of carbonyl (C=O) groups excluding carboxylic acids is 3. The van der Waals surface area contributed by atoms with E-state index in [1.807, 2.05) is 11.0 Å². The Morgan fingerprint density at radius 2 is 1.47 bits per heavy atom. The molecule has 1 saturated carbocycles. The second-order valence-corrected chi connectivity index (χ2v) is 10.2. The first-order valence-corrected chi connectivity index (χ1v) is 13.3. The highest BCUT2D eigenvalue weighted by Gasteiger charge is 2.31. The van der Waals surface area contributed by atoms with Crippen molar-refractivity contribution in [3.05, 3.63) is 59.2 Å². The first-order valence-electron chi connectivity index (χ1n) is 13.3. The summed E-state index contributed by atoms with van der Waals surface area (Å²) in [7, 11) is 0. The Bertz CT molecular complexity index is 1190. The summed E-state index contributed by atoms with van der Waals surface area (Å²) in [5.41, 5.74) is 1.90. The molecule has 3 aliphatic rings. The predicted molar refractivity (Wildman–Crippen MR) is 140 cm³/mol. The molecule has 3 fully saturated rings. The zero-order valence-electron chi connectivity index (χ0n) is 21.3. The van der Waals surface area contributed by atoms with Crippen molar-refractivity contribution < 1.29 is 23.2 Å². The van der Waals surface area contributed by atoms with E-state index < -0.39 is 17.5 Å². The number of halogens is 2. The summed E-state index contributed by atoms with van der Waals surface area (Å²) >= 11 is 0. The van der Waals surface area contributed by atoms with E-state index in [9.17, 15) is 23.2 Å². The van der Waals surface area contributed by atoms with Gasteiger partial charge in [-0.1, -0.05) is 0 Å². The Hall–Kier alpha value is -3.53. The minimum atomic E-state index is -0.785. The van der Waals surface area contributed by atoms with E-state index in [0.717, 1.165) is 56.2 Å². The van der Waals surface area contributed by atoms with E-state index in [0.29, 0.717) is 56.9 Å². The van der Waals surface area contributed by atoms with E-state index in [1.165, 1.54) is 0 Å². The van der Waals surface area contributed by atoms with Crippen LogP contribution in [0.15, 0.2) is 36.4 Å². The van der Waals surface area contributed by atoms with Crippen LogP contribution in [0.1, 0.15) is 46.4 Å². The van der Waals surface area contributed by atoms with Gasteiger partial charge in [0.15, 0.2) is 0 Å². The van der Waals surface area contributed by atoms with Crippen molar-refractivity contribution in [1.29, 1.82) is 0 Å². The van der Waals surface area contributed by atoms with Crippen molar-refractivity contribution in [3.8, 4) is 0 Å². The van der Waals surface area contributed by atoms with Crippen LogP contribution in [0.3, 0.4) is 0 Å². The highest BCUT2D eigenvalue weighted by Crippen LogP contribution is 2.34. The molecule has 202 valence electrons. The Morgan fingerprint density at radius 3 is 2.24 bits per heavy atom. The topological polar surface area (TPSA) is 85.0 Å². The highest BCUT2D eigenvalue weighted by atomic mass is 19.1. The Balaban J connectivity index is 1.35. The molecule has 1 aliphatic carbocycles. The summed E-state index contributed by atoms with van der Waals surface area (Å²) in [6.07, 6.45) is 3.26. The molecule has 3 amide bonds. The molecule has 38 heavy (non-hydrogen) atoms. The van der Waals surface area contributed by atoms with Crippen LogP contribution in [0.25, 0.3) is 0 Å². The molecule has 0 bridgehead atoms. The lowest BCUT2D eigenvalue weighted by molar-refractivity contribution is -0.117. The van der Waals surface area contributed by atoms with Crippen molar-refractivity contribution in [2.45, 2.75) is 25.7 Å². The van der Waals surface area contributed by atoms with E-state index in [-0.39, 0.29) is 23.3 Å². The van der Waals surface area contributed by atoms with Crippen LogP contribution in [0, 0.1) is 17.6 Å². The Labute approximate surface area is 221 Å². The van der Waals surface area contributed by atoms with Gasteiger partial charge in [0.25, 0.3) is 11.8 Å². The molecular formula is C28H33F2N5O3. The molecule has 2 aliphatic heterocycles. The molecule has 10 heteroatoms. The molecule has 0 unspecified atom stereocenters. The summed E-state index contributed by atoms with van der Waals surface area (Å²) in [4.78, 5) is 44.5. The normalized spacial score (nSPS) is 18.5. The van der Waals surface area contributed by atoms with Crippen molar-refractivity contribution in [1.82, 2.24) is 15.1 Å². The van der Waals surface area contributed by atoms with Gasteiger partial charge in [-0.05, 0) is 62.6 Å². The van der Waals surface area contributed by atoms with Gasteiger partial charge in [-0.3, -0.25) is 14.4 Å². The van der Waals surface area contributed by atoms with Gasteiger partial charge in [0.05, 0.1) is 11.4 Å². The monoisotopic (exact) mass is 525 g/mol. The van der Waals surface area contributed by atoms with Gasteiger partial charge < -0.3 is 25.3 Å². The second kappa shape index (κ2) is 11.5. The van der Waals surface area contributed by atoms with Crippen LogP contribution in [-0.4, -0.2) is 79.9 Å². The summed E-state index contributed by atoms with van der Waals surface area (Å²) in [6, 6.07) is 8.28. The molecule has 5 rings (SSSR count). The van der Waals surface area contributed by atoms with Crippen LogP contribution in [0.5, 0.6) is 0 Å². The van der Waals surface area contributed by atoms with E-state index in [4.69, 9.17) is 0 Å². The van der Waals surface area contributed by atoms with Gasteiger partial charge in [-0.15, -0.1) is 0 Å². The van der Waals surface area contributed by atoms with Gasteiger partial charge in [-0.2, -0.15) is 0 Å². The van der Waals surface area contributed by atoms with E-state index >= 15 is 0 Å². The lowest BCUT2D eigenvalue weighted by Gasteiger charge is -2.27. The zero-order valence-corrected chi connectivity index (χ0v) is 21.3. The molecule has 0 radical (unpaired) electrons. The van der Waals surface area contributed by atoms with Crippen molar-refractivity contribution in [2.75, 3.05) is 62.6 Å². The highest BCUT2D eigenvalue weighted by molar-refractivity contribution is 6.01. The summed E-state index contributed by atoms with van der Waals surface area (Å²) in [6.45, 7) is 4.84. The fraction of sp³-hybridized carbons (Fsp3) is 0.464. The van der Waals surface area contributed by atoms with Gasteiger partial charge in [0.1, 0.15) is 11.6 Å². The maximum Gasteiger partial charge on any atom is 0.254 e. The third-order valence-electron chi connectivity index (χ3n) is 7.31. The molecule has 8 nitrogen and oxygen atoms in total. The number of nitrogens with zero attached hydrogens (tertiary/aromatic N) is 3. The minimum Gasteiger partial charge on any atom is -0.368 e. The lowest BCUT2D eigenvalue weighted by atomic mass is 10.1. The van der Waals surface area contributed by atoms with Crippen LogP contribution >= 0.6 is 0 Å². The molecule has 0 spiro atoms. The SMILES string of the molecule is O=C(Nc1cc(C(=O)N2CCCNCC2)ccc1N1CCCN(C(=O)c2cc(F)cc(F)c2)CC1)C1CC1.